The Kier molecular flexibility index (Phi) is 5.63. The summed E-state index contributed by atoms with van der Waals surface area (Å²) in [6, 6.07) is 12.0. The molecule has 0 saturated carbocycles. The molecule has 0 bridgehead atoms. The van der Waals surface area contributed by atoms with Gasteiger partial charge in [0.2, 0.25) is 5.75 Å². The van der Waals surface area contributed by atoms with Crippen LogP contribution in [0.3, 0.4) is 0 Å². The van der Waals surface area contributed by atoms with Gasteiger partial charge in [-0.2, -0.15) is 0 Å². The van der Waals surface area contributed by atoms with E-state index in [1.165, 1.54) is 0 Å². The average Bonchev–Trinajstić information content (AvgIpc) is 3.30. The van der Waals surface area contributed by atoms with E-state index in [2.05, 4.69) is 29.8 Å². The molecule has 2 heterocycles. The van der Waals surface area contributed by atoms with Gasteiger partial charge in [-0.15, -0.1) is 0 Å². The number of benzene rings is 2. The Labute approximate surface area is 182 Å². The van der Waals surface area contributed by atoms with Crippen molar-refractivity contribution in [3.05, 3.63) is 53.7 Å². The van der Waals surface area contributed by atoms with Crippen LogP contribution in [0.2, 0.25) is 0 Å². The lowest BCUT2D eigenvalue weighted by molar-refractivity contribution is -0.123. The number of hydrogen-bond donors (Lipinski definition) is 0. The zero-order chi connectivity index (χ0) is 22.1. The van der Waals surface area contributed by atoms with Gasteiger partial charge in [-0.05, 0) is 35.8 Å². The van der Waals surface area contributed by atoms with Crippen molar-refractivity contribution < 1.29 is 19.0 Å². The van der Waals surface area contributed by atoms with Crippen LogP contribution in [0.15, 0.2) is 42.6 Å². The highest BCUT2D eigenvalue weighted by Crippen LogP contribution is 2.44. The summed E-state index contributed by atoms with van der Waals surface area (Å²) in [5.41, 5.74) is 4.68. The van der Waals surface area contributed by atoms with Crippen molar-refractivity contribution in [1.82, 2.24) is 9.47 Å². The monoisotopic (exact) mass is 420 g/mol. The average molecular weight is 421 g/mol. The molecule has 1 aliphatic heterocycles. The van der Waals surface area contributed by atoms with Crippen LogP contribution in [0.25, 0.3) is 22.0 Å². The van der Waals surface area contributed by atoms with E-state index >= 15 is 0 Å². The predicted octanol–water partition coefficient (Wildman–Crippen LogP) is 4.37. The maximum Gasteiger partial charge on any atom is 0.255 e. The van der Waals surface area contributed by atoms with Crippen LogP contribution in [-0.2, 0) is 11.8 Å². The second-order valence-electron chi connectivity index (χ2n) is 7.67. The van der Waals surface area contributed by atoms with Gasteiger partial charge in [0, 0.05) is 42.8 Å². The summed E-state index contributed by atoms with van der Waals surface area (Å²) < 4.78 is 18.7. The normalized spacial score (nSPS) is 14.0. The van der Waals surface area contributed by atoms with E-state index < -0.39 is 0 Å². The van der Waals surface area contributed by atoms with E-state index in [-0.39, 0.29) is 5.91 Å². The quantitative estimate of drug-likeness (QED) is 0.570. The minimum Gasteiger partial charge on any atom is -0.493 e. The maximum atomic E-state index is 13.5. The molecule has 0 N–H and O–H groups in total. The maximum absolute atomic E-state index is 13.5. The molecule has 1 aromatic heterocycles. The molecule has 0 aliphatic carbocycles. The van der Waals surface area contributed by atoms with Gasteiger partial charge in [0.25, 0.3) is 5.91 Å². The van der Waals surface area contributed by atoms with Crippen LogP contribution in [-0.4, -0.2) is 49.8 Å². The standard InChI is InChI=1S/C25H28N2O4/c1-6-11-27-15-19(18-14-26(2)20-10-8-7-9-17(18)20)23(25(27)28)16-12-21(29-3)24(31-5)22(13-16)30-4/h7-10,12-14H,6,11,15H2,1-5H3. The van der Waals surface area contributed by atoms with Crippen molar-refractivity contribution >= 4 is 28.0 Å². The molecular formula is C25H28N2O4. The molecule has 3 aromatic rings. The molecular weight excluding hydrogens is 392 g/mol. The van der Waals surface area contributed by atoms with Gasteiger partial charge in [-0.25, -0.2) is 0 Å². The van der Waals surface area contributed by atoms with Crippen LogP contribution in [0, 0.1) is 0 Å². The van der Waals surface area contributed by atoms with E-state index in [1.54, 1.807) is 21.3 Å². The van der Waals surface area contributed by atoms with E-state index in [1.807, 2.05) is 36.2 Å². The number of methoxy groups -OCH3 is 3. The molecule has 4 rings (SSSR count). The highest BCUT2D eigenvalue weighted by atomic mass is 16.5. The smallest absolute Gasteiger partial charge is 0.255 e. The zero-order valence-corrected chi connectivity index (χ0v) is 18.7. The molecule has 1 aliphatic rings. The summed E-state index contributed by atoms with van der Waals surface area (Å²) in [7, 11) is 6.78. The van der Waals surface area contributed by atoms with Gasteiger partial charge >= 0.3 is 0 Å². The summed E-state index contributed by atoms with van der Waals surface area (Å²) in [6.45, 7) is 3.37. The molecule has 0 atom stereocenters. The molecule has 0 unspecified atom stereocenters. The van der Waals surface area contributed by atoms with Gasteiger partial charge in [-0.1, -0.05) is 25.1 Å². The Bertz CT molecular complexity index is 1150. The van der Waals surface area contributed by atoms with Gasteiger partial charge < -0.3 is 23.7 Å². The minimum atomic E-state index is 0.0269. The van der Waals surface area contributed by atoms with Gasteiger partial charge in [0.1, 0.15) is 0 Å². The number of hydrogen-bond acceptors (Lipinski definition) is 4. The van der Waals surface area contributed by atoms with Crippen molar-refractivity contribution in [1.29, 1.82) is 0 Å². The van der Waals surface area contributed by atoms with E-state index in [4.69, 9.17) is 14.2 Å². The summed E-state index contributed by atoms with van der Waals surface area (Å²) in [5.74, 6) is 1.60. The van der Waals surface area contributed by atoms with Crippen molar-refractivity contribution in [3.8, 4) is 17.2 Å². The fourth-order valence-corrected chi connectivity index (χ4v) is 4.40. The lowest BCUT2D eigenvalue weighted by atomic mass is 9.96. The summed E-state index contributed by atoms with van der Waals surface area (Å²) in [4.78, 5) is 15.4. The molecule has 6 heteroatoms. The molecule has 31 heavy (non-hydrogen) atoms. The molecule has 0 radical (unpaired) electrons. The number of carbonyl (C=O) groups excluding carboxylic acids is 1. The first-order valence-electron chi connectivity index (χ1n) is 10.4. The minimum absolute atomic E-state index is 0.0269. The molecule has 0 saturated heterocycles. The summed E-state index contributed by atoms with van der Waals surface area (Å²) in [5, 5.41) is 1.14. The number of carbonyl (C=O) groups is 1. The highest BCUT2D eigenvalue weighted by Gasteiger charge is 2.33. The molecule has 0 fully saturated rings. The Balaban J connectivity index is 1.98. The number of nitrogens with zero attached hydrogens (tertiary/aromatic N) is 2. The summed E-state index contributed by atoms with van der Waals surface area (Å²) >= 11 is 0. The molecule has 162 valence electrons. The van der Waals surface area contributed by atoms with Gasteiger partial charge in [0.15, 0.2) is 11.5 Å². The number of amides is 1. The highest BCUT2D eigenvalue weighted by molar-refractivity contribution is 6.31. The van der Waals surface area contributed by atoms with E-state index in [0.29, 0.717) is 35.9 Å². The number of rotatable bonds is 7. The van der Waals surface area contributed by atoms with Crippen LogP contribution >= 0.6 is 0 Å². The van der Waals surface area contributed by atoms with Crippen LogP contribution in [0.1, 0.15) is 24.5 Å². The van der Waals surface area contributed by atoms with Gasteiger partial charge in [0.05, 0.1) is 26.9 Å². The van der Waals surface area contributed by atoms with Crippen LogP contribution < -0.4 is 14.2 Å². The van der Waals surface area contributed by atoms with Crippen molar-refractivity contribution in [2.24, 2.45) is 7.05 Å². The predicted molar refractivity (Wildman–Crippen MR) is 123 cm³/mol. The third-order valence-corrected chi connectivity index (χ3v) is 5.82. The molecule has 6 nitrogen and oxygen atoms in total. The Hall–Kier alpha value is -3.41. The molecule has 0 spiro atoms. The van der Waals surface area contributed by atoms with Gasteiger partial charge in [-0.3, -0.25) is 4.79 Å². The van der Waals surface area contributed by atoms with E-state index in [0.717, 1.165) is 34.0 Å². The van der Waals surface area contributed by atoms with Crippen molar-refractivity contribution in [2.45, 2.75) is 13.3 Å². The lowest BCUT2D eigenvalue weighted by Crippen LogP contribution is -2.27. The Morgan fingerprint density at radius 1 is 1.00 bits per heavy atom. The number of para-hydroxylation sites is 1. The summed E-state index contributed by atoms with van der Waals surface area (Å²) in [6.07, 6.45) is 3.01. The fraction of sp³-hybridized carbons (Fsp3) is 0.320. The van der Waals surface area contributed by atoms with Crippen LogP contribution in [0.4, 0.5) is 0 Å². The number of fused-ring (bicyclic) bond motifs is 1. The van der Waals surface area contributed by atoms with Crippen molar-refractivity contribution in [3.63, 3.8) is 0 Å². The molecule has 1 amide bonds. The zero-order valence-electron chi connectivity index (χ0n) is 18.7. The van der Waals surface area contributed by atoms with Crippen molar-refractivity contribution in [2.75, 3.05) is 34.4 Å². The number of aromatic nitrogens is 1. The second-order valence-corrected chi connectivity index (χ2v) is 7.67. The second kappa shape index (κ2) is 8.38. The third-order valence-electron chi connectivity index (χ3n) is 5.82. The van der Waals surface area contributed by atoms with E-state index in [9.17, 15) is 4.79 Å². The first kappa shape index (κ1) is 20.8. The Morgan fingerprint density at radius 3 is 2.29 bits per heavy atom. The topological polar surface area (TPSA) is 52.9 Å². The Morgan fingerprint density at radius 2 is 1.68 bits per heavy atom. The fourth-order valence-electron chi connectivity index (χ4n) is 4.40. The first-order valence-corrected chi connectivity index (χ1v) is 10.4. The lowest BCUT2D eigenvalue weighted by Gasteiger charge is -2.17. The number of ether oxygens (including phenoxy) is 3. The third kappa shape index (κ3) is 3.42. The largest absolute Gasteiger partial charge is 0.493 e. The molecule has 2 aromatic carbocycles. The first-order chi connectivity index (χ1) is 15.0. The van der Waals surface area contributed by atoms with Crippen LogP contribution in [0.5, 0.6) is 17.2 Å². The SMILES string of the molecule is CCCN1CC(c2cn(C)c3ccccc23)=C(c2cc(OC)c(OC)c(OC)c2)C1=O. The number of aryl methyl sites for hydroxylation is 1.